The van der Waals surface area contributed by atoms with Gasteiger partial charge in [-0.25, -0.2) is 0 Å². The summed E-state index contributed by atoms with van der Waals surface area (Å²) in [6.45, 7) is 6.80. The number of benzene rings is 1. The largest absolute Gasteiger partial charge is 0.385 e. The van der Waals surface area contributed by atoms with Gasteiger partial charge in [-0.05, 0) is 37.8 Å². The monoisotopic (exact) mass is 219 g/mol. The van der Waals surface area contributed by atoms with Crippen LogP contribution < -0.4 is 5.32 Å². The summed E-state index contributed by atoms with van der Waals surface area (Å²) in [4.78, 5) is 10.8. The molecule has 0 bridgehead atoms. The standard InChI is InChI=1S/C14H21NO/c1-4-13-9-5-7-11(2)14(13)15-10-6-8-12(3)16/h5,7,9,15H,4,6,8,10H2,1-3H3. The normalized spacial score (nSPS) is 10.2. The molecule has 88 valence electrons. The van der Waals surface area contributed by atoms with E-state index in [2.05, 4.69) is 37.4 Å². The average Bonchev–Trinajstić information content (AvgIpc) is 2.25. The summed E-state index contributed by atoms with van der Waals surface area (Å²) < 4.78 is 0. The molecule has 0 aliphatic heterocycles. The van der Waals surface area contributed by atoms with Crippen LogP contribution >= 0.6 is 0 Å². The van der Waals surface area contributed by atoms with E-state index in [0.717, 1.165) is 19.4 Å². The Bertz CT molecular complexity index is 358. The van der Waals surface area contributed by atoms with Crippen LogP contribution in [-0.4, -0.2) is 12.3 Å². The van der Waals surface area contributed by atoms with Crippen LogP contribution in [0.2, 0.25) is 0 Å². The molecule has 1 N–H and O–H groups in total. The Hall–Kier alpha value is -1.31. The quantitative estimate of drug-likeness (QED) is 0.743. The van der Waals surface area contributed by atoms with Gasteiger partial charge in [-0.3, -0.25) is 0 Å². The number of para-hydroxylation sites is 1. The molecule has 16 heavy (non-hydrogen) atoms. The van der Waals surface area contributed by atoms with E-state index in [4.69, 9.17) is 0 Å². The smallest absolute Gasteiger partial charge is 0.129 e. The highest BCUT2D eigenvalue weighted by Crippen LogP contribution is 2.20. The fraction of sp³-hybridized carbons (Fsp3) is 0.500. The molecule has 1 aromatic carbocycles. The lowest BCUT2D eigenvalue weighted by Crippen LogP contribution is -2.07. The Labute approximate surface area is 98.1 Å². The van der Waals surface area contributed by atoms with E-state index in [-0.39, 0.29) is 5.78 Å². The van der Waals surface area contributed by atoms with Crippen molar-refractivity contribution in [1.82, 2.24) is 0 Å². The van der Waals surface area contributed by atoms with E-state index in [1.807, 2.05) is 0 Å². The molecule has 0 fully saturated rings. The summed E-state index contributed by atoms with van der Waals surface area (Å²) in [5.41, 5.74) is 3.87. The third kappa shape index (κ3) is 3.69. The maximum absolute atomic E-state index is 10.8. The van der Waals surface area contributed by atoms with Crippen molar-refractivity contribution in [3.8, 4) is 0 Å². The fourth-order valence-electron chi connectivity index (χ4n) is 1.83. The lowest BCUT2D eigenvalue weighted by Gasteiger charge is -2.13. The Balaban J connectivity index is 2.55. The van der Waals surface area contributed by atoms with E-state index in [0.29, 0.717) is 6.42 Å². The minimum Gasteiger partial charge on any atom is -0.385 e. The molecule has 0 aliphatic rings. The number of carbonyl (C=O) groups excluding carboxylic acids is 1. The van der Waals surface area contributed by atoms with E-state index in [1.54, 1.807) is 6.92 Å². The summed E-state index contributed by atoms with van der Waals surface area (Å²) >= 11 is 0. The van der Waals surface area contributed by atoms with E-state index < -0.39 is 0 Å². The lowest BCUT2D eigenvalue weighted by atomic mass is 10.1. The third-order valence-electron chi connectivity index (χ3n) is 2.75. The molecule has 1 rings (SSSR count). The third-order valence-corrected chi connectivity index (χ3v) is 2.75. The van der Waals surface area contributed by atoms with Crippen molar-refractivity contribution in [2.45, 2.75) is 40.0 Å². The molecule has 0 amide bonds. The van der Waals surface area contributed by atoms with Gasteiger partial charge in [-0.15, -0.1) is 0 Å². The zero-order chi connectivity index (χ0) is 12.0. The second-order valence-corrected chi connectivity index (χ2v) is 4.19. The maximum Gasteiger partial charge on any atom is 0.129 e. The van der Waals surface area contributed by atoms with Crippen molar-refractivity contribution in [2.24, 2.45) is 0 Å². The van der Waals surface area contributed by atoms with Gasteiger partial charge in [0.1, 0.15) is 5.78 Å². The van der Waals surface area contributed by atoms with Crippen LogP contribution in [0.5, 0.6) is 0 Å². The van der Waals surface area contributed by atoms with Crippen LogP contribution in [0, 0.1) is 6.92 Å². The van der Waals surface area contributed by atoms with Crippen molar-refractivity contribution in [3.63, 3.8) is 0 Å². The van der Waals surface area contributed by atoms with Crippen molar-refractivity contribution in [2.75, 3.05) is 11.9 Å². The highest BCUT2D eigenvalue weighted by atomic mass is 16.1. The molecule has 0 atom stereocenters. The minimum absolute atomic E-state index is 0.266. The van der Waals surface area contributed by atoms with Gasteiger partial charge >= 0.3 is 0 Å². The molecule has 0 aromatic heterocycles. The summed E-state index contributed by atoms with van der Waals surface area (Å²) in [6, 6.07) is 6.36. The number of Topliss-reactive ketones (excluding diaryl/α,β-unsaturated/α-hetero) is 1. The van der Waals surface area contributed by atoms with Gasteiger partial charge in [0.2, 0.25) is 0 Å². The first-order valence-electron chi connectivity index (χ1n) is 5.97. The highest BCUT2D eigenvalue weighted by Gasteiger charge is 2.03. The SMILES string of the molecule is CCc1cccc(C)c1NCCCC(C)=O. The van der Waals surface area contributed by atoms with Crippen LogP contribution in [-0.2, 0) is 11.2 Å². The molecular weight excluding hydrogens is 198 g/mol. The van der Waals surface area contributed by atoms with E-state index in [1.165, 1.54) is 16.8 Å². The zero-order valence-corrected chi connectivity index (χ0v) is 10.5. The number of anilines is 1. The number of hydrogen-bond acceptors (Lipinski definition) is 2. The second-order valence-electron chi connectivity index (χ2n) is 4.19. The molecule has 0 aliphatic carbocycles. The van der Waals surface area contributed by atoms with Crippen molar-refractivity contribution < 1.29 is 4.79 Å². The highest BCUT2D eigenvalue weighted by molar-refractivity contribution is 5.75. The number of nitrogens with one attached hydrogen (secondary N) is 1. The summed E-state index contributed by atoms with van der Waals surface area (Å²) in [6.07, 6.45) is 2.61. The molecule has 0 saturated heterocycles. The number of hydrogen-bond donors (Lipinski definition) is 1. The minimum atomic E-state index is 0.266. The van der Waals surface area contributed by atoms with Gasteiger partial charge in [0.15, 0.2) is 0 Å². The van der Waals surface area contributed by atoms with Gasteiger partial charge < -0.3 is 10.1 Å². The summed E-state index contributed by atoms with van der Waals surface area (Å²) in [5.74, 6) is 0.266. The number of ketones is 1. The number of carbonyl (C=O) groups is 1. The molecule has 0 heterocycles. The first kappa shape index (κ1) is 12.8. The van der Waals surface area contributed by atoms with Gasteiger partial charge in [-0.2, -0.15) is 0 Å². The van der Waals surface area contributed by atoms with E-state index >= 15 is 0 Å². The summed E-state index contributed by atoms with van der Waals surface area (Å²) in [5, 5.41) is 3.44. The first-order chi connectivity index (χ1) is 7.65. The second kappa shape index (κ2) is 6.31. The maximum atomic E-state index is 10.8. The van der Waals surface area contributed by atoms with Crippen LogP contribution in [0.25, 0.3) is 0 Å². The van der Waals surface area contributed by atoms with Gasteiger partial charge in [0.05, 0.1) is 0 Å². The summed E-state index contributed by atoms with van der Waals surface area (Å²) in [7, 11) is 0. The lowest BCUT2D eigenvalue weighted by molar-refractivity contribution is -0.117. The topological polar surface area (TPSA) is 29.1 Å². The van der Waals surface area contributed by atoms with Crippen molar-refractivity contribution in [3.05, 3.63) is 29.3 Å². The number of rotatable bonds is 6. The zero-order valence-electron chi connectivity index (χ0n) is 10.5. The van der Waals surface area contributed by atoms with Crippen LogP contribution in [0.4, 0.5) is 5.69 Å². The molecule has 2 heteroatoms. The van der Waals surface area contributed by atoms with Crippen LogP contribution in [0.1, 0.15) is 37.8 Å². The predicted octanol–water partition coefficient (Wildman–Crippen LogP) is 3.34. The van der Waals surface area contributed by atoms with Gasteiger partial charge in [0, 0.05) is 18.7 Å². The van der Waals surface area contributed by atoms with Crippen LogP contribution in [0.15, 0.2) is 18.2 Å². The molecular formula is C14H21NO. The number of aryl methyl sites for hydroxylation is 2. The Morgan fingerprint density at radius 1 is 1.38 bits per heavy atom. The molecule has 0 saturated carbocycles. The van der Waals surface area contributed by atoms with Crippen molar-refractivity contribution >= 4 is 11.5 Å². The molecule has 2 nitrogen and oxygen atoms in total. The van der Waals surface area contributed by atoms with Gasteiger partial charge in [-0.1, -0.05) is 25.1 Å². The van der Waals surface area contributed by atoms with Gasteiger partial charge in [0.25, 0.3) is 0 Å². The Morgan fingerprint density at radius 3 is 2.75 bits per heavy atom. The Kier molecular flexibility index (Phi) is 5.03. The van der Waals surface area contributed by atoms with E-state index in [9.17, 15) is 4.79 Å². The Morgan fingerprint density at radius 2 is 2.12 bits per heavy atom. The van der Waals surface area contributed by atoms with Crippen molar-refractivity contribution in [1.29, 1.82) is 0 Å². The molecule has 0 spiro atoms. The average molecular weight is 219 g/mol. The molecule has 0 radical (unpaired) electrons. The van der Waals surface area contributed by atoms with Crippen LogP contribution in [0.3, 0.4) is 0 Å². The first-order valence-corrected chi connectivity index (χ1v) is 5.97. The molecule has 1 aromatic rings. The predicted molar refractivity (Wildman–Crippen MR) is 69.0 cm³/mol. The fourth-order valence-corrected chi connectivity index (χ4v) is 1.83. The molecule has 0 unspecified atom stereocenters.